The highest BCUT2D eigenvalue weighted by Crippen LogP contribution is 2.66. The number of rotatable bonds is 0. The summed E-state index contributed by atoms with van der Waals surface area (Å²) < 4.78 is 12.4. The van der Waals surface area contributed by atoms with Crippen LogP contribution in [0.4, 0.5) is 0 Å². The van der Waals surface area contributed by atoms with Crippen molar-refractivity contribution in [3.63, 3.8) is 0 Å². The molecule has 1 heterocycles. The van der Waals surface area contributed by atoms with Crippen molar-refractivity contribution in [2.24, 2.45) is 17.3 Å². The van der Waals surface area contributed by atoms with Crippen LogP contribution in [0, 0.1) is 24.2 Å². The van der Waals surface area contributed by atoms with E-state index in [2.05, 4.69) is 32.0 Å². The van der Waals surface area contributed by atoms with E-state index < -0.39 is 0 Å². The molecule has 2 saturated carbocycles. The monoisotopic (exact) mass is 312 g/mol. The molecule has 1 spiro atoms. The summed E-state index contributed by atoms with van der Waals surface area (Å²) in [5, 5.41) is 0. The van der Waals surface area contributed by atoms with Gasteiger partial charge >= 0.3 is 0 Å². The second-order valence-corrected chi connectivity index (χ2v) is 8.56. The second kappa shape index (κ2) is 4.83. The quantitative estimate of drug-likeness (QED) is 0.697. The van der Waals surface area contributed by atoms with E-state index in [1.54, 1.807) is 11.1 Å². The minimum absolute atomic E-state index is 0.229. The van der Waals surface area contributed by atoms with Crippen LogP contribution in [0.1, 0.15) is 61.6 Å². The van der Waals surface area contributed by atoms with E-state index in [9.17, 15) is 0 Å². The molecule has 3 fully saturated rings. The molecule has 0 unspecified atom stereocenters. The SMILES string of the molecule is Cc1ccc2c(c1)CC[C@@H]1[C@@H]2CC[C@@]2(C)[C@H]1CCC21OCCO1. The lowest BCUT2D eigenvalue weighted by molar-refractivity contribution is -0.237. The molecule has 1 aliphatic heterocycles. The first-order chi connectivity index (χ1) is 11.1. The summed E-state index contributed by atoms with van der Waals surface area (Å²) in [5.74, 6) is 2.12. The maximum absolute atomic E-state index is 6.22. The number of ether oxygens (including phenoxy) is 2. The van der Waals surface area contributed by atoms with Gasteiger partial charge < -0.3 is 9.47 Å². The summed E-state index contributed by atoms with van der Waals surface area (Å²) >= 11 is 0. The number of hydrogen-bond acceptors (Lipinski definition) is 2. The lowest BCUT2D eigenvalue weighted by Gasteiger charge is -2.52. The molecule has 1 aromatic carbocycles. The second-order valence-electron chi connectivity index (χ2n) is 8.56. The minimum atomic E-state index is -0.254. The van der Waals surface area contributed by atoms with Crippen LogP contribution in [0.15, 0.2) is 18.2 Å². The molecular formula is C21H28O2. The summed E-state index contributed by atoms with van der Waals surface area (Å²) in [4.78, 5) is 0. The summed E-state index contributed by atoms with van der Waals surface area (Å²) in [6.07, 6.45) is 7.59. The number of fused-ring (bicyclic) bond motifs is 6. The Morgan fingerprint density at radius 3 is 2.70 bits per heavy atom. The Balaban J connectivity index is 1.51. The van der Waals surface area contributed by atoms with E-state index in [-0.39, 0.29) is 11.2 Å². The molecule has 5 rings (SSSR count). The van der Waals surface area contributed by atoms with Crippen LogP contribution in [0.2, 0.25) is 0 Å². The standard InChI is InChI=1S/C21H28O2/c1-14-3-5-16-15(13-14)4-6-18-17(16)7-9-20(2)19(18)8-10-21(20)22-11-12-23-21/h3,5,13,17-19H,4,6-12H2,1-2H3/t17-,18-,19+,20+/m1/s1. The first kappa shape index (κ1) is 14.5. The van der Waals surface area contributed by atoms with Crippen molar-refractivity contribution in [1.82, 2.24) is 0 Å². The largest absolute Gasteiger partial charge is 0.347 e. The van der Waals surface area contributed by atoms with Gasteiger partial charge in [0.05, 0.1) is 13.2 Å². The van der Waals surface area contributed by atoms with E-state index in [0.717, 1.165) is 37.4 Å². The van der Waals surface area contributed by atoms with Gasteiger partial charge in [0.25, 0.3) is 0 Å². The van der Waals surface area contributed by atoms with Crippen molar-refractivity contribution in [3.05, 3.63) is 34.9 Å². The smallest absolute Gasteiger partial charge is 0.174 e. The maximum atomic E-state index is 6.22. The normalized spacial score (nSPS) is 40.7. The molecule has 0 N–H and O–H groups in total. The lowest BCUT2D eigenvalue weighted by Crippen LogP contribution is -2.51. The van der Waals surface area contributed by atoms with Crippen molar-refractivity contribution < 1.29 is 9.47 Å². The topological polar surface area (TPSA) is 18.5 Å². The average Bonchev–Trinajstić information content (AvgIpc) is 3.14. The molecule has 3 aliphatic carbocycles. The van der Waals surface area contributed by atoms with Crippen molar-refractivity contribution >= 4 is 0 Å². The first-order valence-corrected chi connectivity index (χ1v) is 9.50. The molecule has 1 aromatic rings. The Labute approximate surface area is 139 Å². The number of benzene rings is 1. The predicted octanol–water partition coefficient (Wildman–Crippen LogP) is 4.59. The summed E-state index contributed by atoms with van der Waals surface area (Å²) in [6.45, 7) is 6.27. The Kier molecular flexibility index (Phi) is 3.04. The maximum Gasteiger partial charge on any atom is 0.174 e. The molecule has 1 saturated heterocycles. The van der Waals surface area contributed by atoms with Crippen molar-refractivity contribution in [2.75, 3.05) is 13.2 Å². The van der Waals surface area contributed by atoms with Gasteiger partial charge in [0.2, 0.25) is 0 Å². The van der Waals surface area contributed by atoms with Gasteiger partial charge in [0.1, 0.15) is 0 Å². The predicted molar refractivity (Wildman–Crippen MR) is 90.4 cm³/mol. The van der Waals surface area contributed by atoms with Crippen LogP contribution in [0.25, 0.3) is 0 Å². The van der Waals surface area contributed by atoms with Gasteiger partial charge in [-0.05, 0) is 67.9 Å². The molecule has 0 bridgehead atoms. The molecule has 124 valence electrons. The Hall–Kier alpha value is -0.860. The van der Waals surface area contributed by atoms with Gasteiger partial charge in [0.15, 0.2) is 5.79 Å². The average molecular weight is 312 g/mol. The van der Waals surface area contributed by atoms with Gasteiger partial charge in [0, 0.05) is 11.8 Å². The summed E-state index contributed by atoms with van der Waals surface area (Å²) in [7, 11) is 0. The van der Waals surface area contributed by atoms with Crippen molar-refractivity contribution in [2.45, 2.75) is 64.1 Å². The minimum Gasteiger partial charge on any atom is -0.347 e. The zero-order valence-electron chi connectivity index (χ0n) is 14.4. The van der Waals surface area contributed by atoms with E-state index in [1.807, 2.05) is 0 Å². The van der Waals surface area contributed by atoms with Crippen LogP contribution in [0.3, 0.4) is 0 Å². The Morgan fingerprint density at radius 1 is 1.04 bits per heavy atom. The van der Waals surface area contributed by atoms with Crippen LogP contribution < -0.4 is 0 Å². The van der Waals surface area contributed by atoms with E-state index >= 15 is 0 Å². The first-order valence-electron chi connectivity index (χ1n) is 9.50. The molecule has 0 aromatic heterocycles. The molecule has 2 nitrogen and oxygen atoms in total. The number of aryl methyl sites for hydroxylation is 2. The zero-order valence-corrected chi connectivity index (χ0v) is 14.4. The molecule has 0 amide bonds. The molecule has 2 heteroatoms. The van der Waals surface area contributed by atoms with Crippen molar-refractivity contribution in [1.29, 1.82) is 0 Å². The van der Waals surface area contributed by atoms with Gasteiger partial charge in [-0.2, -0.15) is 0 Å². The van der Waals surface area contributed by atoms with Crippen LogP contribution in [0.5, 0.6) is 0 Å². The highest BCUT2D eigenvalue weighted by atomic mass is 16.7. The van der Waals surface area contributed by atoms with Gasteiger partial charge in [-0.3, -0.25) is 0 Å². The summed E-state index contributed by atoms with van der Waals surface area (Å²) in [5.41, 5.74) is 4.92. The molecule has 23 heavy (non-hydrogen) atoms. The third-order valence-electron chi connectivity index (χ3n) is 7.68. The van der Waals surface area contributed by atoms with E-state index in [4.69, 9.17) is 9.47 Å². The molecule has 4 aliphatic rings. The van der Waals surface area contributed by atoms with Crippen molar-refractivity contribution in [3.8, 4) is 0 Å². The zero-order chi connectivity index (χ0) is 15.7. The van der Waals surface area contributed by atoms with Gasteiger partial charge in [-0.25, -0.2) is 0 Å². The Bertz CT molecular complexity index is 631. The summed E-state index contributed by atoms with van der Waals surface area (Å²) in [6, 6.07) is 7.17. The van der Waals surface area contributed by atoms with Crippen LogP contribution >= 0.6 is 0 Å². The fourth-order valence-corrected chi connectivity index (χ4v) is 6.60. The highest BCUT2D eigenvalue weighted by Gasteiger charge is 2.64. The Morgan fingerprint density at radius 2 is 1.87 bits per heavy atom. The fraction of sp³-hybridized carbons (Fsp3) is 0.714. The lowest BCUT2D eigenvalue weighted by atomic mass is 9.55. The van der Waals surface area contributed by atoms with Crippen LogP contribution in [-0.2, 0) is 15.9 Å². The fourth-order valence-electron chi connectivity index (χ4n) is 6.60. The van der Waals surface area contributed by atoms with E-state index in [0.29, 0.717) is 0 Å². The highest BCUT2D eigenvalue weighted by molar-refractivity contribution is 5.38. The van der Waals surface area contributed by atoms with Crippen LogP contribution in [-0.4, -0.2) is 19.0 Å². The number of hydrogen-bond donors (Lipinski definition) is 0. The molecule has 0 radical (unpaired) electrons. The van der Waals surface area contributed by atoms with Gasteiger partial charge in [-0.15, -0.1) is 0 Å². The van der Waals surface area contributed by atoms with Gasteiger partial charge in [-0.1, -0.05) is 30.7 Å². The third kappa shape index (κ3) is 1.83. The molecule has 4 atom stereocenters. The van der Waals surface area contributed by atoms with E-state index in [1.165, 1.54) is 37.7 Å². The third-order valence-corrected chi connectivity index (χ3v) is 7.68. The molecular weight excluding hydrogens is 284 g/mol.